The fraction of sp³-hybridized carbons (Fsp3) is 0.261. The molecular weight excluding hydrogens is 449 g/mol. The second-order valence-corrected chi connectivity index (χ2v) is 9.39. The highest BCUT2D eigenvalue weighted by molar-refractivity contribution is 7.18. The number of pyridine rings is 1. The quantitative estimate of drug-likeness (QED) is 0.298. The Morgan fingerprint density at radius 2 is 1.68 bits per heavy atom. The SMILES string of the molecule is CN(C)CCCCNc1nc2cc(Cl)c(Cl)cc2nc1-c1ccc(-c2ccccn2)s1. The van der Waals surface area contributed by atoms with E-state index in [2.05, 4.69) is 41.4 Å². The van der Waals surface area contributed by atoms with E-state index in [1.54, 1.807) is 29.7 Å². The maximum atomic E-state index is 6.23. The number of fused-ring (bicyclic) bond motifs is 1. The molecule has 0 saturated carbocycles. The smallest absolute Gasteiger partial charge is 0.154 e. The van der Waals surface area contributed by atoms with Crippen molar-refractivity contribution in [3.05, 3.63) is 58.7 Å². The molecule has 5 nitrogen and oxygen atoms in total. The molecule has 1 aromatic carbocycles. The van der Waals surface area contributed by atoms with Crippen LogP contribution in [0, 0.1) is 0 Å². The van der Waals surface area contributed by atoms with Gasteiger partial charge in [0.15, 0.2) is 5.82 Å². The molecule has 4 aromatic rings. The largest absolute Gasteiger partial charge is 0.368 e. The lowest BCUT2D eigenvalue weighted by Gasteiger charge is -2.13. The van der Waals surface area contributed by atoms with E-state index < -0.39 is 0 Å². The van der Waals surface area contributed by atoms with Crippen molar-refractivity contribution in [3.63, 3.8) is 0 Å². The van der Waals surface area contributed by atoms with E-state index in [0.29, 0.717) is 10.0 Å². The lowest BCUT2D eigenvalue weighted by Crippen LogP contribution is -2.14. The van der Waals surface area contributed by atoms with Crippen LogP contribution in [0.3, 0.4) is 0 Å². The van der Waals surface area contributed by atoms with Gasteiger partial charge in [0, 0.05) is 12.7 Å². The molecule has 3 aromatic heterocycles. The molecule has 0 radical (unpaired) electrons. The third kappa shape index (κ3) is 5.33. The molecule has 0 bridgehead atoms. The topological polar surface area (TPSA) is 53.9 Å². The lowest BCUT2D eigenvalue weighted by atomic mass is 10.2. The fourth-order valence-electron chi connectivity index (χ4n) is 3.22. The Kier molecular flexibility index (Phi) is 7.02. The number of anilines is 1. The third-order valence-corrected chi connectivity index (χ3v) is 6.62. The monoisotopic (exact) mass is 471 g/mol. The number of unbranched alkanes of at least 4 members (excludes halogenated alkanes) is 1. The third-order valence-electron chi connectivity index (χ3n) is 4.79. The molecule has 0 aliphatic rings. The number of aromatic nitrogens is 3. The van der Waals surface area contributed by atoms with Crippen molar-refractivity contribution in [2.45, 2.75) is 12.8 Å². The summed E-state index contributed by atoms with van der Waals surface area (Å²) in [4.78, 5) is 18.5. The van der Waals surface area contributed by atoms with Gasteiger partial charge in [0.1, 0.15) is 5.69 Å². The zero-order valence-corrected chi connectivity index (χ0v) is 19.7. The van der Waals surface area contributed by atoms with Crippen LogP contribution >= 0.6 is 34.5 Å². The van der Waals surface area contributed by atoms with Crippen LogP contribution in [0.2, 0.25) is 10.0 Å². The highest BCUT2D eigenvalue weighted by Crippen LogP contribution is 2.37. The van der Waals surface area contributed by atoms with Crippen LogP contribution in [0.25, 0.3) is 32.2 Å². The summed E-state index contributed by atoms with van der Waals surface area (Å²) in [5.74, 6) is 0.755. The van der Waals surface area contributed by atoms with Gasteiger partial charge in [-0.2, -0.15) is 0 Å². The number of hydrogen-bond donors (Lipinski definition) is 1. The fourth-order valence-corrected chi connectivity index (χ4v) is 4.51. The van der Waals surface area contributed by atoms with Gasteiger partial charge in [-0.3, -0.25) is 4.98 Å². The molecule has 0 aliphatic heterocycles. The van der Waals surface area contributed by atoms with E-state index in [-0.39, 0.29) is 0 Å². The van der Waals surface area contributed by atoms with Gasteiger partial charge >= 0.3 is 0 Å². The number of hydrogen-bond acceptors (Lipinski definition) is 6. The van der Waals surface area contributed by atoms with Crippen LogP contribution in [-0.2, 0) is 0 Å². The Labute approximate surface area is 196 Å². The molecule has 1 N–H and O–H groups in total. The van der Waals surface area contributed by atoms with Crippen molar-refractivity contribution in [3.8, 4) is 21.1 Å². The summed E-state index contributed by atoms with van der Waals surface area (Å²) >= 11 is 14.1. The predicted molar refractivity (Wildman–Crippen MR) is 132 cm³/mol. The summed E-state index contributed by atoms with van der Waals surface area (Å²) in [6.45, 7) is 1.88. The van der Waals surface area contributed by atoms with E-state index in [0.717, 1.165) is 63.9 Å². The van der Waals surface area contributed by atoms with E-state index in [1.807, 2.05) is 18.2 Å². The van der Waals surface area contributed by atoms with Crippen LogP contribution in [0.1, 0.15) is 12.8 Å². The van der Waals surface area contributed by atoms with E-state index in [9.17, 15) is 0 Å². The number of rotatable bonds is 8. The molecule has 8 heteroatoms. The molecule has 31 heavy (non-hydrogen) atoms. The summed E-state index contributed by atoms with van der Waals surface area (Å²) in [6, 6.07) is 13.6. The van der Waals surface area contributed by atoms with Crippen molar-refractivity contribution >= 4 is 51.4 Å². The number of halogens is 2. The van der Waals surface area contributed by atoms with E-state index in [1.165, 1.54) is 0 Å². The Hall–Kier alpha value is -2.25. The minimum absolute atomic E-state index is 0.471. The standard InChI is InChI=1S/C23H23Cl2N5S/c1-30(2)12-6-5-11-27-23-22(28-18-13-15(24)16(25)14-19(18)29-23)21-9-8-20(31-21)17-7-3-4-10-26-17/h3-4,7-10,13-14H,5-6,11-12H2,1-2H3,(H,27,29). The molecule has 0 saturated heterocycles. The highest BCUT2D eigenvalue weighted by atomic mass is 35.5. The Bertz CT molecular complexity index is 1180. The summed E-state index contributed by atoms with van der Waals surface area (Å²) < 4.78 is 0. The van der Waals surface area contributed by atoms with Crippen LogP contribution in [0.5, 0.6) is 0 Å². The van der Waals surface area contributed by atoms with Gasteiger partial charge in [-0.1, -0.05) is 29.3 Å². The van der Waals surface area contributed by atoms with Crippen molar-refractivity contribution in [1.82, 2.24) is 19.9 Å². The number of nitrogens with zero attached hydrogens (tertiary/aromatic N) is 4. The van der Waals surface area contributed by atoms with Crippen LogP contribution < -0.4 is 5.32 Å². The first-order valence-corrected chi connectivity index (χ1v) is 11.7. The normalized spacial score (nSPS) is 11.4. The molecule has 160 valence electrons. The number of thiophene rings is 1. The van der Waals surface area contributed by atoms with Gasteiger partial charge in [0.25, 0.3) is 0 Å². The molecule has 3 heterocycles. The summed E-state index contributed by atoms with van der Waals surface area (Å²) in [5, 5.41) is 4.43. The van der Waals surface area contributed by atoms with E-state index in [4.69, 9.17) is 33.2 Å². The number of benzene rings is 1. The maximum absolute atomic E-state index is 6.23. The minimum Gasteiger partial charge on any atom is -0.368 e. The average molecular weight is 472 g/mol. The van der Waals surface area contributed by atoms with E-state index >= 15 is 0 Å². The maximum Gasteiger partial charge on any atom is 0.154 e. The lowest BCUT2D eigenvalue weighted by molar-refractivity contribution is 0.396. The molecule has 0 atom stereocenters. The highest BCUT2D eigenvalue weighted by Gasteiger charge is 2.15. The summed E-state index contributed by atoms with van der Waals surface area (Å²) in [7, 11) is 4.18. The Balaban J connectivity index is 1.68. The van der Waals surface area contributed by atoms with Crippen molar-refractivity contribution in [1.29, 1.82) is 0 Å². The first-order chi connectivity index (χ1) is 15.0. The summed E-state index contributed by atoms with van der Waals surface area (Å²) in [6.07, 6.45) is 3.96. The van der Waals surface area contributed by atoms with Gasteiger partial charge in [0.05, 0.1) is 36.5 Å². The Morgan fingerprint density at radius 3 is 2.39 bits per heavy atom. The first-order valence-electron chi connectivity index (χ1n) is 10.1. The van der Waals surface area contributed by atoms with Crippen LogP contribution in [-0.4, -0.2) is 47.0 Å². The second-order valence-electron chi connectivity index (χ2n) is 7.49. The molecular formula is C23H23Cl2N5S. The number of nitrogens with one attached hydrogen (secondary N) is 1. The zero-order chi connectivity index (χ0) is 21.8. The van der Waals surface area contributed by atoms with Crippen LogP contribution in [0.15, 0.2) is 48.7 Å². The van der Waals surface area contributed by atoms with Gasteiger partial charge in [-0.25, -0.2) is 9.97 Å². The van der Waals surface area contributed by atoms with Crippen molar-refractivity contribution < 1.29 is 0 Å². The minimum atomic E-state index is 0.471. The summed E-state index contributed by atoms with van der Waals surface area (Å²) in [5.41, 5.74) is 3.19. The average Bonchev–Trinajstić information content (AvgIpc) is 3.24. The first kappa shape index (κ1) is 22.0. The van der Waals surface area contributed by atoms with Crippen molar-refractivity contribution in [2.24, 2.45) is 0 Å². The van der Waals surface area contributed by atoms with Crippen LogP contribution in [0.4, 0.5) is 5.82 Å². The molecule has 0 aliphatic carbocycles. The molecule has 0 amide bonds. The van der Waals surface area contributed by atoms with Gasteiger partial charge in [0.2, 0.25) is 0 Å². The predicted octanol–water partition coefficient (Wildman–Crippen LogP) is 6.48. The van der Waals surface area contributed by atoms with Gasteiger partial charge in [-0.05, 0) is 69.9 Å². The van der Waals surface area contributed by atoms with Gasteiger partial charge in [-0.15, -0.1) is 11.3 Å². The van der Waals surface area contributed by atoms with Crippen molar-refractivity contribution in [2.75, 3.05) is 32.5 Å². The second kappa shape index (κ2) is 9.92. The zero-order valence-electron chi connectivity index (χ0n) is 17.4. The van der Waals surface area contributed by atoms with Gasteiger partial charge < -0.3 is 10.2 Å². The molecule has 4 rings (SSSR count). The molecule has 0 unspecified atom stereocenters. The molecule has 0 fully saturated rings. The molecule has 0 spiro atoms. The Morgan fingerprint density at radius 1 is 0.935 bits per heavy atom.